The first kappa shape index (κ1) is 12.4. The number of benzene rings is 1. The van der Waals surface area contributed by atoms with Gasteiger partial charge in [-0.3, -0.25) is 0 Å². The highest BCUT2D eigenvalue weighted by atomic mass is 16.3. The van der Waals surface area contributed by atoms with Gasteiger partial charge in [0.15, 0.2) is 0 Å². The molecular formula is C15H22O2. The summed E-state index contributed by atoms with van der Waals surface area (Å²) >= 11 is 0. The zero-order valence-electron chi connectivity index (χ0n) is 10.7. The molecule has 1 aromatic rings. The summed E-state index contributed by atoms with van der Waals surface area (Å²) in [4.78, 5) is 0. The van der Waals surface area contributed by atoms with Gasteiger partial charge in [0.2, 0.25) is 0 Å². The van der Waals surface area contributed by atoms with E-state index in [1.165, 1.54) is 0 Å². The van der Waals surface area contributed by atoms with E-state index in [-0.39, 0.29) is 5.75 Å². The van der Waals surface area contributed by atoms with Crippen LogP contribution in [0.15, 0.2) is 24.3 Å². The summed E-state index contributed by atoms with van der Waals surface area (Å²) in [7, 11) is 0. The first-order valence-electron chi connectivity index (χ1n) is 6.49. The van der Waals surface area contributed by atoms with Crippen LogP contribution in [0.2, 0.25) is 0 Å². The van der Waals surface area contributed by atoms with Gasteiger partial charge < -0.3 is 10.2 Å². The lowest BCUT2D eigenvalue weighted by Gasteiger charge is -2.39. The molecule has 1 saturated carbocycles. The quantitative estimate of drug-likeness (QED) is 0.825. The van der Waals surface area contributed by atoms with Crippen LogP contribution in [0.5, 0.6) is 5.75 Å². The predicted octanol–water partition coefficient (Wildman–Crippen LogP) is 3.12. The fraction of sp³-hybridized carbons (Fsp3) is 0.600. The lowest BCUT2D eigenvalue weighted by Crippen LogP contribution is -2.39. The van der Waals surface area contributed by atoms with Crippen LogP contribution in [0, 0.1) is 11.8 Å². The van der Waals surface area contributed by atoms with E-state index in [2.05, 4.69) is 13.8 Å². The zero-order chi connectivity index (χ0) is 12.5. The topological polar surface area (TPSA) is 40.5 Å². The molecule has 3 atom stereocenters. The van der Waals surface area contributed by atoms with E-state index in [0.717, 1.165) is 30.7 Å². The molecule has 0 amide bonds. The minimum Gasteiger partial charge on any atom is -0.508 e. The standard InChI is InChI=1S/C15H22O2/c1-11-7-8-15(17,9-12(11)2)10-13-3-5-14(16)6-4-13/h3-6,11-12,16-17H,7-10H2,1-2H3. The number of aromatic hydroxyl groups is 1. The molecule has 1 aromatic carbocycles. The number of aliphatic hydroxyl groups is 1. The molecule has 0 spiro atoms. The van der Waals surface area contributed by atoms with E-state index in [9.17, 15) is 10.2 Å². The first-order chi connectivity index (χ1) is 7.98. The predicted molar refractivity (Wildman–Crippen MR) is 68.9 cm³/mol. The highest BCUT2D eigenvalue weighted by Crippen LogP contribution is 2.38. The fourth-order valence-corrected chi connectivity index (χ4v) is 2.84. The SMILES string of the molecule is CC1CCC(O)(Cc2ccc(O)cc2)CC1C. The third kappa shape index (κ3) is 3.01. The Balaban J connectivity index is 2.05. The maximum atomic E-state index is 10.6. The average molecular weight is 234 g/mol. The van der Waals surface area contributed by atoms with E-state index in [1.807, 2.05) is 12.1 Å². The van der Waals surface area contributed by atoms with Gasteiger partial charge in [0, 0.05) is 6.42 Å². The van der Waals surface area contributed by atoms with Gasteiger partial charge in [0.1, 0.15) is 5.75 Å². The summed E-state index contributed by atoms with van der Waals surface area (Å²) in [6.07, 6.45) is 3.58. The van der Waals surface area contributed by atoms with E-state index in [0.29, 0.717) is 12.3 Å². The van der Waals surface area contributed by atoms with Crippen LogP contribution in [0.3, 0.4) is 0 Å². The van der Waals surface area contributed by atoms with Crippen molar-refractivity contribution in [2.45, 2.75) is 45.1 Å². The summed E-state index contributed by atoms with van der Waals surface area (Å²) in [5, 5.41) is 19.9. The molecule has 0 saturated heterocycles. The van der Waals surface area contributed by atoms with Crippen LogP contribution in [0.25, 0.3) is 0 Å². The van der Waals surface area contributed by atoms with Gasteiger partial charge in [-0.2, -0.15) is 0 Å². The minimum atomic E-state index is -0.553. The van der Waals surface area contributed by atoms with Crippen molar-refractivity contribution >= 4 is 0 Å². The molecule has 17 heavy (non-hydrogen) atoms. The second-order valence-electron chi connectivity index (χ2n) is 5.76. The Hall–Kier alpha value is -1.02. The van der Waals surface area contributed by atoms with Gasteiger partial charge >= 0.3 is 0 Å². The highest BCUT2D eigenvalue weighted by Gasteiger charge is 2.35. The molecular weight excluding hydrogens is 212 g/mol. The third-order valence-corrected chi connectivity index (χ3v) is 4.21. The molecule has 1 aliphatic rings. The van der Waals surface area contributed by atoms with E-state index >= 15 is 0 Å². The van der Waals surface area contributed by atoms with Crippen LogP contribution in [-0.4, -0.2) is 15.8 Å². The van der Waals surface area contributed by atoms with Gasteiger partial charge in [-0.1, -0.05) is 26.0 Å². The van der Waals surface area contributed by atoms with Crippen molar-refractivity contribution in [3.63, 3.8) is 0 Å². The van der Waals surface area contributed by atoms with Crippen LogP contribution in [0.1, 0.15) is 38.7 Å². The second kappa shape index (κ2) is 4.69. The Morgan fingerprint density at radius 1 is 1.18 bits per heavy atom. The van der Waals surface area contributed by atoms with Gasteiger partial charge in [-0.25, -0.2) is 0 Å². The molecule has 0 heterocycles. The average Bonchev–Trinajstić information content (AvgIpc) is 2.28. The summed E-state index contributed by atoms with van der Waals surface area (Å²) in [6, 6.07) is 7.17. The summed E-state index contributed by atoms with van der Waals surface area (Å²) < 4.78 is 0. The molecule has 1 fully saturated rings. The number of phenolic OH excluding ortho intramolecular Hbond substituents is 1. The Kier molecular flexibility index (Phi) is 3.43. The van der Waals surface area contributed by atoms with E-state index in [1.54, 1.807) is 12.1 Å². The molecule has 2 heteroatoms. The van der Waals surface area contributed by atoms with Crippen molar-refractivity contribution < 1.29 is 10.2 Å². The van der Waals surface area contributed by atoms with E-state index < -0.39 is 5.60 Å². The Bertz CT molecular complexity index is 371. The van der Waals surface area contributed by atoms with Crippen LogP contribution >= 0.6 is 0 Å². The molecule has 2 rings (SSSR count). The normalized spacial score (nSPS) is 33.6. The number of hydrogen-bond acceptors (Lipinski definition) is 2. The number of phenols is 1. The Morgan fingerprint density at radius 2 is 1.82 bits per heavy atom. The van der Waals surface area contributed by atoms with Crippen LogP contribution < -0.4 is 0 Å². The summed E-state index contributed by atoms with van der Waals surface area (Å²) in [6.45, 7) is 4.50. The monoisotopic (exact) mass is 234 g/mol. The lowest BCUT2D eigenvalue weighted by atomic mass is 9.71. The van der Waals surface area contributed by atoms with Gasteiger partial charge in [0.25, 0.3) is 0 Å². The smallest absolute Gasteiger partial charge is 0.115 e. The van der Waals surface area contributed by atoms with Crippen molar-refractivity contribution in [1.82, 2.24) is 0 Å². The largest absolute Gasteiger partial charge is 0.508 e. The Morgan fingerprint density at radius 3 is 2.41 bits per heavy atom. The van der Waals surface area contributed by atoms with Crippen molar-refractivity contribution in [1.29, 1.82) is 0 Å². The van der Waals surface area contributed by atoms with Gasteiger partial charge in [0.05, 0.1) is 5.60 Å². The van der Waals surface area contributed by atoms with Crippen molar-refractivity contribution in [2.24, 2.45) is 11.8 Å². The molecule has 0 aliphatic heterocycles. The number of rotatable bonds is 2. The van der Waals surface area contributed by atoms with Crippen LogP contribution in [-0.2, 0) is 6.42 Å². The summed E-state index contributed by atoms with van der Waals surface area (Å²) in [5.74, 6) is 1.59. The molecule has 0 aromatic heterocycles. The maximum absolute atomic E-state index is 10.6. The molecule has 0 radical (unpaired) electrons. The van der Waals surface area contributed by atoms with Crippen molar-refractivity contribution in [3.8, 4) is 5.75 Å². The van der Waals surface area contributed by atoms with Crippen molar-refractivity contribution in [2.75, 3.05) is 0 Å². The minimum absolute atomic E-state index is 0.284. The van der Waals surface area contributed by atoms with E-state index in [4.69, 9.17) is 0 Å². The third-order valence-electron chi connectivity index (χ3n) is 4.21. The molecule has 1 aliphatic carbocycles. The maximum Gasteiger partial charge on any atom is 0.115 e. The van der Waals surface area contributed by atoms with Crippen molar-refractivity contribution in [3.05, 3.63) is 29.8 Å². The number of hydrogen-bond donors (Lipinski definition) is 2. The van der Waals surface area contributed by atoms with Crippen LogP contribution in [0.4, 0.5) is 0 Å². The lowest BCUT2D eigenvalue weighted by molar-refractivity contribution is -0.0279. The highest BCUT2D eigenvalue weighted by molar-refractivity contribution is 5.27. The van der Waals surface area contributed by atoms with Gasteiger partial charge in [-0.15, -0.1) is 0 Å². The summed E-state index contributed by atoms with van der Waals surface area (Å²) in [5.41, 5.74) is 0.551. The first-order valence-corrected chi connectivity index (χ1v) is 6.49. The Labute approximate surface area is 103 Å². The fourth-order valence-electron chi connectivity index (χ4n) is 2.84. The molecule has 3 unspecified atom stereocenters. The van der Waals surface area contributed by atoms with Gasteiger partial charge in [-0.05, 0) is 48.8 Å². The molecule has 2 N–H and O–H groups in total. The molecule has 2 nitrogen and oxygen atoms in total. The zero-order valence-corrected chi connectivity index (χ0v) is 10.7. The molecule has 94 valence electrons. The molecule has 0 bridgehead atoms. The second-order valence-corrected chi connectivity index (χ2v) is 5.76.